The van der Waals surface area contributed by atoms with E-state index in [2.05, 4.69) is 10.6 Å². The minimum atomic E-state index is -0.397. The Balaban J connectivity index is 1.59. The highest BCUT2D eigenvalue weighted by Gasteiger charge is 2.27. The predicted octanol–water partition coefficient (Wildman–Crippen LogP) is 1.71. The quantitative estimate of drug-likeness (QED) is 0.802. The van der Waals surface area contributed by atoms with E-state index < -0.39 is 6.04 Å². The molecule has 3 atom stereocenters. The molecular formula is C19H28N2O5. The van der Waals surface area contributed by atoms with Crippen LogP contribution in [0.5, 0.6) is 0 Å². The van der Waals surface area contributed by atoms with Gasteiger partial charge >= 0.3 is 0 Å². The molecule has 2 saturated heterocycles. The van der Waals surface area contributed by atoms with E-state index >= 15 is 0 Å². The molecular weight excluding hydrogens is 336 g/mol. The molecule has 2 aliphatic heterocycles. The van der Waals surface area contributed by atoms with Crippen LogP contribution in [0.2, 0.25) is 0 Å². The van der Waals surface area contributed by atoms with Crippen LogP contribution >= 0.6 is 0 Å². The third-order valence-corrected chi connectivity index (χ3v) is 4.96. The van der Waals surface area contributed by atoms with E-state index in [0.29, 0.717) is 32.1 Å². The molecule has 1 aromatic rings. The van der Waals surface area contributed by atoms with Crippen molar-refractivity contribution in [3.8, 4) is 0 Å². The molecule has 2 amide bonds. The summed E-state index contributed by atoms with van der Waals surface area (Å²) in [6.07, 6.45) is 3.45. The molecule has 7 nitrogen and oxygen atoms in total. The van der Waals surface area contributed by atoms with E-state index in [1.54, 1.807) is 0 Å². The first-order chi connectivity index (χ1) is 12.6. The number of hydrogen-bond acceptors (Lipinski definition) is 5. The zero-order valence-electron chi connectivity index (χ0n) is 15.3. The highest BCUT2D eigenvalue weighted by molar-refractivity contribution is 5.80. The van der Waals surface area contributed by atoms with Crippen LogP contribution in [-0.4, -0.2) is 44.8 Å². The van der Waals surface area contributed by atoms with Crippen molar-refractivity contribution in [1.29, 1.82) is 0 Å². The van der Waals surface area contributed by atoms with Crippen LogP contribution in [0.15, 0.2) is 16.5 Å². The van der Waals surface area contributed by atoms with Gasteiger partial charge in [-0.05, 0) is 44.7 Å². The van der Waals surface area contributed by atoms with Gasteiger partial charge in [0, 0.05) is 19.8 Å². The summed E-state index contributed by atoms with van der Waals surface area (Å²) in [6, 6.07) is 3.30. The van der Waals surface area contributed by atoms with Crippen LogP contribution < -0.4 is 10.6 Å². The number of amides is 2. The summed E-state index contributed by atoms with van der Waals surface area (Å²) in [4.78, 5) is 24.9. The summed E-state index contributed by atoms with van der Waals surface area (Å²) in [6.45, 7) is 4.49. The van der Waals surface area contributed by atoms with Gasteiger partial charge in [-0.1, -0.05) is 0 Å². The van der Waals surface area contributed by atoms with Crippen molar-refractivity contribution in [1.82, 2.24) is 10.6 Å². The van der Waals surface area contributed by atoms with Gasteiger partial charge in [-0.3, -0.25) is 9.59 Å². The van der Waals surface area contributed by atoms with Gasteiger partial charge in [0.25, 0.3) is 0 Å². The Morgan fingerprint density at radius 1 is 1.08 bits per heavy atom. The number of carbonyl (C=O) groups excluding carboxylic acids is 2. The molecule has 0 unspecified atom stereocenters. The lowest BCUT2D eigenvalue weighted by Gasteiger charge is -2.26. The molecule has 26 heavy (non-hydrogen) atoms. The fraction of sp³-hybridized carbons (Fsp3) is 0.684. The SMILES string of the molecule is Cc1ccc([C@H](CNC(=O)[C@H]2CCCOC2)NC(=O)[C@H]2CCCOC2)o1. The van der Waals surface area contributed by atoms with E-state index in [-0.39, 0.29) is 23.7 Å². The second-order valence-electron chi connectivity index (χ2n) is 7.08. The van der Waals surface area contributed by atoms with Gasteiger partial charge in [0.2, 0.25) is 11.8 Å². The van der Waals surface area contributed by atoms with Crippen LogP contribution in [0.25, 0.3) is 0 Å². The minimum absolute atomic E-state index is 0.0340. The molecule has 0 aromatic carbocycles. The Hall–Kier alpha value is -1.86. The maximum absolute atomic E-state index is 12.6. The molecule has 0 spiro atoms. The van der Waals surface area contributed by atoms with Crippen molar-refractivity contribution in [2.75, 3.05) is 33.0 Å². The first-order valence-corrected chi connectivity index (χ1v) is 9.43. The maximum atomic E-state index is 12.6. The Morgan fingerprint density at radius 3 is 2.27 bits per heavy atom. The van der Waals surface area contributed by atoms with Crippen LogP contribution in [-0.2, 0) is 19.1 Å². The summed E-state index contributed by atoms with van der Waals surface area (Å²) < 4.78 is 16.5. The molecule has 0 bridgehead atoms. The molecule has 2 fully saturated rings. The number of rotatable bonds is 6. The molecule has 0 radical (unpaired) electrons. The fourth-order valence-electron chi connectivity index (χ4n) is 3.40. The molecule has 3 heterocycles. The topological polar surface area (TPSA) is 89.8 Å². The first-order valence-electron chi connectivity index (χ1n) is 9.43. The van der Waals surface area contributed by atoms with Crippen molar-refractivity contribution >= 4 is 11.8 Å². The van der Waals surface area contributed by atoms with Gasteiger partial charge < -0.3 is 24.5 Å². The Kier molecular flexibility index (Phi) is 6.68. The molecule has 144 valence electrons. The highest BCUT2D eigenvalue weighted by atomic mass is 16.5. The number of carbonyl (C=O) groups is 2. The van der Waals surface area contributed by atoms with Crippen LogP contribution in [0.1, 0.15) is 43.2 Å². The standard InChI is InChI=1S/C19H28N2O5/c1-13-6-7-17(26-13)16(21-19(23)15-5-3-9-25-12-15)10-20-18(22)14-4-2-8-24-11-14/h6-7,14-16H,2-5,8-12H2,1H3,(H,20,22)(H,21,23)/t14-,15-,16-/m0/s1. The van der Waals surface area contributed by atoms with Crippen LogP contribution in [0, 0.1) is 18.8 Å². The van der Waals surface area contributed by atoms with Crippen molar-refractivity contribution in [2.24, 2.45) is 11.8 Å². The highest BCUT2D eigenvalue weighted by Crippen LogP contribution is 2.20. The molecule has 3 rings (SSSR count). The van der Waals surface area contributed by atoms with Crippen molar-refractivity contribution in [3.63, 3.8) is 0 Å². The van der Waals surface area contributed by atoms with Gasteiger partial charge in [-0.15, -0.1) is 0 Å². The Morgan fingerprint density at radius 2 is 1.73 bits per heavy atom. The van der Waals surface area contributed by atoms with E-state index in [4.69, 9.17) is 13.9 Å². The fourth-order valence-corrected chi connectivity index (χ4v) is 3.40. The van der Waals surface area contributed by atoms with Crippen molar-refractivity contribution in [3.05, 3.63) is 23.7 Å². The zero-order valence-corrected chi connectivity index (χ0v) is 15.3. The molecule has 1 aromatic heterocycles. The molecule has 2 aliphatic rings. The average Bonchev–Trinajstić information content (AvgIpc) is 3.12. The maximum Gasteiger partial charge on any atom is 0.226 e. The summed E-state index contributed by atoms with van der Waals surface area (Å²) in [5, 5.41) is 5.96. The van der Waals surface area contributed by atoms with Gasteiger partial charge in [0.1, 0.15) is 17.6 Å². The summed E-state index contributed by atoms with van der Waals surface area (Å²) in [5.41, 5.74) is 0. The van der Waals surface area contributed by atoms with Gasteiger partial charge in [-0.25, -0.2) is 0 Å². The molecule has 7 heteroatoms. The number of ether oxygens (including phenoxy) is 2. The smallest absolute Gasteiger partial charge is 0.226 e. The predicted molar refractivity (Wildman–Crippen MR) is 94.4 cm³/mol. The number of nitrogens with one attached hydrogen (secondary N) is 2. The summed E-state index contributed by atoms with van der Waals surface area (Å²) in [5.74, 6) is 1.06. The first kappa shape index (κ1) is 18.9. The zero-order chi connectivity index (χ0) is 18.4. The molecule has 0 saturated carbocycles. The lowest BCUT2D eigenvalue weighted by molar-refractivity contribution is -0.131. The lowest BCUT2D eigenvalue weighted by atomic mass is 10.0. The normalized spacial score (nSPS) is 24.7. The minimum Gasteiger partial charge on any atom is -0.464 e. The van der Waals surface area contributed by atoms with Crippen molar-refractivity contribution in [2.45, 2.75) is 38.6 Å². The van der Waals surface area contributed by atoms with Crippen LogP contribution in [0.3, 0.4) is 0 Å². The number of furan rings is 1. The third kappa shape index (κ3) is 5.08. The van der Waals surface area contributed by atoms with E-state index in [0.717, 1.165) is 38.1 Å². The third-order valence-electron chi connectivity index (χ3n) is 4.96. The van der Waals surface area contributed by atoms with Gasteiger partial charge in [0.15, 0.2) is 0 Å². The van der Waals surface area contributed by atoms with E-state index in [1.807, 2.05) is 19.1 Å². The van der Waals surface area contributed by atoms with Gasteiger partial charge in [0.05, 0.1) is 25.0 Å². The average molecular weight is 364 g/mol. The number of hydrogen-bond donors (Lipinski definition) is 2. The Bertz CT molecular complexity index is 603. The molecule has 2 N–H and O–H groups in total. The van der Waals surface area contributed by atoms with E-state index in [1.165, 1.54) is 0 Å². The summed E-state index contributed by atoms with van der Waals surface area (Å²) >= 11 is 0. The lowest BCUT2D eigenvalue weighted by Crippen LogP contribution is -2.44. The molecule has 0 aliphatic carbocycles. The van der Waals surface area contributed by atoms with Crippen molar-refractivity contribution < 1.29 is 23.5 Å². The van der Waals surface area contributed by atoms with Gasteiger partial charge in [-0.2, -0.15) is 0 Å². The van der Waals surface area contributed by atoms with Crippen LogP contribution in [0.4, 0.5) is 0 Å². The number of aryl methyl sites for hydroxylation is 1. The van der Waals surface area contributed by atoms with E-state index in [9.17, 15) is 9.59 Å². The summed E-state index contributed by atoms with van der Waals surface area (Å²) in [7, 11) is 0. The second kappa shape index (κ2) is 9.19. The Labute approximate surface area is 153 Å². The largest absolute Gasteiger partial charge is 0.464 e. The monoisotopic (exact) mass is 364 g/mol. The second-order valence-corrected chi connectivity index (χ2v) is 7.08.